The highest BCUT2D eigenvalue weighted by molar-refractivity contribution is 7.51. The Morgan fingerprint density at radius 1 is 0.636 bits per heavy atom. The molecule has 2 nitrogen and oxygen atoms in total. The van der Waals surface area contributed by atoms with Gasteiger partial charge in [-0.05, 0) is 0 Å². The van der Waals surface area contributed by atoms with Gasteiger partial charge in [0.15, 0.2) is 0 Å². The van der Waals surface area contributed by atoms with Gasteiger partial charge < -0.3 is 0 Å². The highest BCUT2D eigenvalue weighted by Crippen LogP contribution is 1.79. The second kappa shape index (κ2) is 16.4. The molecule has 0 fully saturated rings. The van der Waals surface area contributed by atoms with Crippen molar-refractivity contribution >= 4 is 36.4 Å². The van der Waals surface area contributed by atoms with Crippen molar-refractivity contribution in [3.05, 3.63) is 36.4 Å². The summed E-state index contributed by atoms with van der Waals surface area (Å²) in [6, 6.07) is 12.0. The molecule has 0 spiro atoms. The molecule has 0 aromatic heterocycles. The summed E-state index contributed by atoms with van der Waals surface area (Å²) >= 11 is -1.42. The molecule has 5 heteroatoms. The maximum Gasteiger partial charge on any atom is 0.129 e. The molecule has 0 saturated carbocycles. The van der Waals surface area contributed by atoms with E-state index in [9.17, 15) is 0 Å². The minimum atomic E-state index is -1.42. The lowest BCUT2D eigenvalue weighted by molar-refractivity contribution is 0.630. The third kappa shape index (κ3) is 17.7. The first-order valence-corrected chi connectivity index (χ1v) is 3.22. The Bertz CT molecular complexity index is 148. The van der Waals surface area contributed by atoms with Crippen LogP contribution in [0.1, 0.15) is 0 Å². The van der Waals surface area contributed by atoms with Crippen LogP contribution in [-0.2, 0) is 11.6 Å². The molecule has 0 atom stereocenters. The Hall–Kier alpha value is -0.250. The predicted molar refractivity (Wildman–Crippen MR) is 52.6 cm³/mol. The lowest BCUT2D eigenvalue weighted by Crippen LogP contribution is -1.47. The number of benzene rings is 1. The molecule has 0 aliphatic rings. The fraction of sp³-hybridized carbons (Fsp3) is 0. The molecule has 11 heavy (non-hydrogen) atoms. The third-order valence-electron chi connectivity index (χ3n) is 0.667. The summed E-state index contributed by atoms with van der Waals surface area (Å²) in [5.74, 6) is 0. The van der Waals surface area contributed by atoms with Crippen LogP contribution in [0, 0.1) is 0 Å². The molecule has 0 unspecified atom stereocenters. The van der Waals surface area contributed by atoms with Gasteiger partial charge >= 0.3 is 0 Å². The van der Waals surface area contributed by atoms with Gasteiger partial charge in [-0.2, -0.15) is 0 Å². The van der Waals surface area contributed by atoms with Gasteiger partial charge in [-0.3, -0.25) is 0 Å². The molecule has 0 saturated heterocycles. The van der Waals surface area contributed by atoms with Gasteiger partial charge in [-0.25, -0.2) is 8.42 Å². The van der Waals surface area contributed by atoms with Gasteiger partial charge in [-0.15, -0.1) is 24.8 Å². The van der Waals surface area contributed by atoms with Crippen LogP contribution in [0.4, 0.5) is 0 Å². The fourth-order valence-electron chi connectivity index (χ4n) is 0.385. The molecule has 0 heterocycles. The Balaban J connectivity index is -0.000000116. The van der Waals surface area contributed by atoms with Crippen molar-refractivity contribution in [2.24, 2.45) is 0 Å². The maximum absolute atomic E-state index is 8.40. The van der Waals surface area contributed by atoms with Crippen molar-refractivity contribution in [1.82, 2.24) is 0 Å². The number of rotatable bonds is 0. The van der Waals surface area contributed by atoms with E-state index in [1.807, 2.05) is 36.4 Å². The number of hydrogen-bond donors (Lipinski definition) is 0. The lowest BCUT2D eigenvalue weighted by Gasteiger charge is -1.69. The average Bonchev–Trinajstić information content (AvgIpc) is 1.93. The molecule has 66 valence electrons. The van der Waals surface area contributed by atoms with E-state index >= 15 is 0 Å². The molecule has 0 amide bonds. The van der Waals surface area contributed by atoms with Crippen molar-refractivity contribution in [1.29, 1.82) is 0 Å². The zero-order chi connectivity index (χ0) is 6.95. The first-order valence-electron chi connectivity index (χ1n) is 2.41. The molecular weight excluding hydrogens is 207 g/mol. The lowest BCUT2D eigenvalue weighted by atomic mass is 10.4. The topological polar surface area (TPSA) is 34.1 Å². The van der Waals surface area contributed by atoms with E-state index in [1.54, 1.807) is 0 Å². The Morgan fingerprint density at radius 2 is 0.727 bits per heavy atom. The van der Waals surface area contributed by atoms with E-state index in [2.05, 4.69) is 0 Å². The highest BCUT2D eigenvalue weighted by atomic mass is 35.5. The zero-order valence-corrected chi connectivity index (χ0v) is 8.23. The summed E-state index contributed by atoms with van der Waals surface area (Å²) < 4.78 is 16.8. The monoisotopic (exact) mass is 216 g/mol. The normalized spacial score (nSPS) is 5.82. The van der Waals surface area contributed by atoms with Gasteiger partial charge in [0.05, 0.1) is 0 Å². The van der Waals surface area contributed by atoms with Crippen LogP contribution in [0.3, 0.4) is 0 Å². The van der Waals surface area contributed by atoms with Crippen molar-refractivity contribution in [2.75, 3.05) is 0 Å². The van der Waals surface area contributed by atoms with Crippen LogP contribution in [0.5, 0.6) is 0 Å². The smallest absolute Gasteiger partial charge is 0.129 e. The van der Waals surface area contributed by atoms with Crippen molar-refractivity contribution in [3.63, 3.8) is 0 Å². The summed E-state index contributed by atoms with van der Waals surface area (Å²) in [7, 11) is 0. The molecule has 0 radical (unpaired) electrons. The van der Waals surface area contributed by atoms with Gasteiger partial charge in [0, 0.05) is 0 Å². The number of halogens is 2. The van der Waals surface area contributed by atoms with E-state index < -0.39 is 11.6 Å². The third-order valence-corrected chi connectivity index (χ3v) is 0.667. The average molecular weight is 217 g/mol. The molecule has 0 aliphatic heterocycles. The molecule has 0 N–H and O–H groups in total. The molecule has 1 aromatic rings. The Morgan fingerprint density at radius 3 is 0.818 bits per heavy atom. The first kappa shape index (κ1) is 17.0. The standard InChI is InChI=1S/C6H6.2ClH.H2O2S/c1-2-4-6-5-3-1;;;1-3-2/h1-6H;2*1H;3H2. The summed E-state index contributed by atoms with van der Waals surface area (Å²) in [6.07, 6.45) is 0. The summed E-state index contributed by atoms with van der Waals surface area (Å²) in [5, 5.41) is 0. The van der Waals surface area contributed by atoms with Crippen LogP contribution in [0.2, 0.25) is 0 Å². The largest absolute Gasteiger partial charge is 0.235 e. The Kier molecular flexibility index (Phi) is 25.3. The SMILES string of the molecule is Cl.Cl.O=[SH2]=O.c1ccccc1. The van der Waals surface area contributed by atoms with E-state index in [1.165, 1.54) is 0 Å². The first-order chi connectivity index (χ1) is 4.41. The molecule has 1 aromatic carbocycles. The van der Waals surface area contributed by atoms with Crippen molar-refractivity contribution in [2.45, 2.75) is 0 Å². The van der Waals surface area contributed by atoms with Gasteiger partial charge in [0.25, 0.3) is 0 Å². The van der Waals surface area contributed by atoms with Gasteiger partial charge in [-0.1, -0.05) is 36.4 Å². The molecule has 1 rings (SSSR count). The second-order valence-electron chi connectivity index (χ2n) is 1.24. The van der Waals surface area contributed by atoms with Gasteiger partial charge in [0.1, 0.15) is 11.6 Å². The van der Waals surface area contributed by atoms with Crippen LogP contribution >= 0.6 is 24.8 Å². The predicted octanol–water partition coefficient (Wildman–Crippen LogP) is 1.32. The highest BCUT2D eigenvalue weighted by Gasteiger charge is 1.57. The van der Waals surface area contributed by atoms with Crippen LogP contribution < -0.4 is 0 Å². The van der Waals surface area contributed by atoms with Crippen LogP contribution in [0.25, 0.3) is 0 Å². The summed E-state index contributed by atoms with van der Waals surface area (Å²) in [5.41, 5.74) is 0. The summed E-state index contributed by atoms with van der Waals surface area (Å²) in [4.78, 5) is 0. The second-order valence-corrected chi connectivity index (χ2v) is 1.40. The molecular formula is C6H10Cl2O2S. The van der Waals surface area contributed by atoms with E-state index in [4.69, 9.17) is 8.42 Å². The maximum atomic E-state index is 8.40. The van der Waals surface area contributed by atoms with Crippen molar-refractivity contribution in [3.8, 4) is 0 Å². The van der Waals surface area contributed by atoms with Crippen LogP contribution in [0.15, 0.2) is 36.4 Å². The van der Waals surface area contributed by atoms with Gasteiger partial charge in [0.2, 0.25) is 0 Å². The van der Waals surface area contributed by atoms with E-state index in [-0.39, 0.29) is 24.8 Å². The zero-order valence-electron chi connectivity index (χ0n) is 5.60. The van der Waals surface area contributed by atoms with E-state index in [0.717, 1.165) is 0 Å². The summed E-state index contributed by atoms with van der Waals surface area (Å²) in [6.45, 7) is 0. The van der Waals surface area contributed by atoms with Crippen molar-refractivity contribution < 1.29 is 8.42 Å². The number of hydrogen-bond acceptors (Lipinski definition) is 2. The minimum absolute atomic E-state index is 0. The Labute approximate surface area is 81.4 Å². The fourth-order valence-corrected chi connectivity index (χ4v) is 0.385. The molecule has 0 bridgehead atoms. The quantitative estimate of drug-likeness (QED) is 0.656. The van der Waals surface area contributed by atoms with E-state index in [0.29, 0.717) is 0 Å². The minimum Gasteiger partial charge on any atom is -0.235 e. The molecule has 0 aliphatic carbocycles. The van der Waals surface area contributed by atoms with Crippen LogP contribution in [-0.4, -0.2) is 8.42 Å².